The lowest BCUT2D eigenvalue weighted by Gasteiger charge is -2.38. The molecule has 31 heavy (non-hydrogen) atoms. The smallest absolute Gasteiger partial charge is 0.141 e. The number of rotatable bonds is 5. The van der Waals surface area contributed by atoms with Crippen LogP contribution in [0.4, 0.5) is 0 Å². The van der Waals surface area contributed by atoms with E-state index in [2.05, 4.69) is 19.9 Å². The SMILES string of the molecule is O=C(Cc1cc2nc(-c3cnccn3)ccc2cn1)C1CCC(N2CCOCC2)CC1. The number of Topliss-reactive ketones (excluding diaryl/α,β-unsaturated/α-hetero) is 1. The number of carbonyl (C=O) groups excluding carboxylic acids is 1. The lowest BCUT2D eigenvalue weighted by atomic mass is 9.81. The van der Waals surface area contributed by atoms with Gasteiger partial charge in [-0.3, -0.25) is 24.6 Å². The van der Waals surface area contributed by atoms with Gasteiger partial charge >= 0.3 is 0 Å². The molecule has 1 saturated heterocycles. The third-order valence-corrected chi connectivity index (χ3v) is 6.53. The highest BCUT2D eigenvalue weighted by molar-refractivity contribution is 5.85. The van der Waals surface area contributed by atoms with Crippen LogP contribution in [-0.4, -0.2) is 63.0 Å². The second-order valence-corrected chi connectivity index (χ2v) is 8.45. The molecule has 2 aliphatic rings. The zero-order chi connectivity index (χ0) is 21.0. The van der Waals surface area contributed by atoms with E-state index in [4.69, 9.17) is 9.72 Å². The number of nitrogens with zero attached hydrogens (tertiary/aromatic N) is 5. The minimum atomic E-state index is 0.147. The van der Waals surface area contributed by atoms with Gasteiger partial charge in [0.15, 0.2) is 0 Å². The fourth-order valence-corrected chi connectivity index (χ4v) is 4.76. The summed E-state index contributed by atoms with van der Waals surface area (Å²) in [5.41, 5.74) is 3.12. The van der Waals surface area contributed by atoms with Crippen LogP contribution in [0.1, 0.15) is 31.4 Å². The van der Waals surface area contributed by atoms with Crippen LogP contribution in [0.2, 0.25) is 0 Å². The molecule has 0 atom stereocenters. The average Bonchev–Trinajstić information content (AvgIpc) is 2.85. The highest BCUT2D eigenvalue weighted by Gasteiger charge is 2.30. The minimum Gasteiger partial charge on any atom is -0.379 e. The molecular weight excluding hydrogens is 390 g/mol. The third-order valence-electron chi connectivity index (χ3n) is 6.53. The number of hydrogen-bond donors (Lipinski definition) is 0. The summed E-state index contributed by atoms with van der Waals surface area (Å²) in [6.07, 6.45) is 11.3. The van der Waals surface area contributed by atoms with Gasteiger partial charge in [-0.25, -0.2) is 4.98 Å². The summed E-state index contributed by atoms with van der Waals surface area (Å²) in [4.78, 5) is 33.2. The van der Waals surface area contributed by atoms with Crippen molar-refractivity contribution in [1.29, 1.82) is 0 Å². The topological polar surface area (TPSA) is 81.1 Å². The Hall–Kier alpha value is -2.77. The summed E-state index contributed by atoms with van der Waals surface area (Å²) in [6.45, 7) is 3.71. The third kappa shape index (κ3) is 4.62. The molecule has 0 bridgehead atoms. The summed E-state index contributed by atoms with van der Waals surface area (Å²) < 4.78 is 5.46. The summed E-state index contributed by atoms with van der Waals surface area (Å²) >= 11 is 0. The first-order valence-electron chi connectivity index (χ1n) is 11.1. The second-order valence-electron chi connectivity index (χ2n) is 8.45. The Morgan fingerprint density at radius 1 is 1.00 bits per heavy atom. The molecule has 160 valence electrons. The Morgan fingerprint density at radius 3 is 2.61 bits per heavy atom. The number of morpholine rings is 1. The number of hydrogen-bond acceptors (Lipinski definition) is 7. The molecule has 3 aromatic heterocycles. The van der Waals surface area contributed by atoms with E-state index in [9.17, 15) is 4.79 Å². The standard InChI is InChI=1S/C24H27N5O2/c30-24(17-1-4-20(5-2-17)29-9-11-31-12-10-29)14-19-13-22-18(15-27-19)3-6-21(28-22)23-16-25-7-8-26-23/h3,6-8,13,15-17,20H,1-2,4-5,9-12,14H2. The molecule has 0 spiro atoms. The largest absolute Gasteiger partial charge is 0.379 e. The fraction of sp³-hybridized carbons (Fsp3) is 0.458. The van der Waals surface area contributed by atoms with Gasteiger partial charge in [0, 0.05) is 61.1 Å². The zero-order valence-corrected chi connectivity index (χ0v) is 17.6. The van der Waals surface area contributed by atoms with Gasteiger partial charge in [-0.1, -0.05) is 0 Å². The Morgan fingerprint density at radius 2 is 1.84 bits per heavy atom. The Labute approximate surface area is 181 Å². The van der Waals surface area contributed by atoms with Crippen molar-refractivity contribution >= 4 is 16.7 Å². The van der Waals surface area contributed by atoms with Crippen molar-refractivity contribution in [1.82, 2.24) is 24.8 Å². The Bertz CT molecular complexity index is 1040. The molecular formula is C24H27N5O2. The fourth-order valence-electron chi connectivity index (χ4n) is 4.76. The van der Waals surface area contributed by atoms with Gasteiger partial charge in [-0.05, 0) is 43.9 Å². The molecule has 0 N–H and O–H groups in total. The molecule has 0 aromatic carbocycles. The van der Waals surface area contributed by atoms with E-state index >= 15 is 0 Å². The predicted molar refractivity (Wildman–Crippen MR) is 117 cm³/mol. The summed E-state index contributed by atoms with van der Waals surface area (Å²) in [5, 5.41) is 0.954. The van der Waals surface area contributed by atoms with Gasteiger partial charge < -0.3 is 4.74 Å². The molecule has 0 amide bonds. The predicted octanol–water partition coefficient (Wildman–Crippen LogP) is 3.09. The summed E-state index contributed by atoms with van der Waals surface area (Å²) in [5.74, 6) is 0.450. The Balaban J connectivity index is 1.24. The van der Waals surface area contributed by atoms with E-state index in [1.807, 2.05) is 18.2 Å². The second kappa shape index (κ2) is 9.16. The molecule has 7 heteroatoms. The van der Waals surface area contributed by atoms with E-state index in [1.165, 1.54) is 0 Å². The van der Waals surface area contributed by atoms with E-state index in [0.29, 0.717) is 18.2 Å². The van der Waals surface area contributed by atoms with Gasteiger partial charge in [-0.2, -0.15) is 0 Å². The molecule has 0 unspecified atom stereocenters. The maximum atomic E-state index is 13.0. The zero-order valence-electron chi connectivity index (χ0n) is 17.6. The molecule has 2 fully saturated rings. The molecule has 4 heterocycles. The molecule has 3 aromatic rings. The highest BCUT2D eigenvalue weighted by Crippen LogP contribution is 2.29. The van der Waals surface area contributed by atoms with Crippen molar-refractivity contribution in [3.63, 3.8) is 0 Å². The molecule has 5 rings (SSSR count). The van der Waals surface area contributed by atoms with E-state index in [0.717, 1.165) is 80.0 Å². The van der Waals surface area contributed by atoms with Crippen LogP contribution in [-0.2, 0) is 16.0 Å². The van der Waals surface area contributed by atoms with Crippen molar-refractivity contribution < 1.29 is 9.53 Å². The first kappa shape index (κ1) is 20.2. The lowest BCUT2D eigenvalue weighted by Crippen LogP contribution is -2.45. The van der Waals surface area contributed by atoms with Crippen molar-refractivity contribution in [2.24, 2.45) is 5.92 Å². The Kier molecular flexibility index (Phi) is 5.95. The normalized spacial score (nSPS) is 22.5. The minimum absolute atomic E-state index is 0.147. The summed E-state index contributed by atoms with van der Waals surface area (Å²) in [6, 6.07) is 6.45. The van der Waals surface area contributed by atoms with Crippen LogP contribution in [0.25, 0.3) is 22.3 Å². The van der Waals surface area contributed by atoms with Gasteiger partial charge in [0.2, 0.25) is 0 Å². The molecule has 1 aliphatic heterocycles. The number of carbonyl (C=O) groups is 1. The summed E-state index contributed by atoms with van der Waals surface area (Å²) in [7, 11) is 0. The number of ether oxygens (including phenoxy) is 1. The monoisotopic (exact) mass is 417 g/mol. The first-order valence-corrected chi connectivity index (χ1v) is 11.1. The van der Waals surface area contributed by atoms with Crippen molar-refractivity contribution in [3.8, 4) is 11.4 Å². The van der Waals surface area contributed by atoms with Crippen molar-refractivity contribution in [2.45, 2.75) is 38.1 Å². The van der Waals surface area contributed by atoms with Crippen LogP contribution in [0.15, 0.2) is 43.0 Å². The molecule has 1 saturated carbocycles. The van der Waals surface area contributed by atoms with Gasteiger partial charge in [0.1, 0.15) is 11.5 Å². The number of fused-ring (bicyclic) bond motifs is 1. The van der Waals surface area contributed by atoms with E-state index in [-0.39, 0.29) is 5.92 Å². The van der Waals surface area contributed by atoms with Gasteiger partial charge in [0.25, 0.3) is 0 Å². The first-order chi connectivity index (χ1) is 15.3. The average molecular weight is 418 g/mol. The number of ketones is 1. The lowest BCUT2D eigenvalue weighted by molar-refractivity contribution is -0.123. The quantitative estimate of drug-likeness (QED) is 0.631. The van der Waals surface area contributed by atoms with Crippen molar-refractivity contribution in [2.75, 3.05) is 26.3 Å². The van der Waals surface area contributed by atoms with Crippen LogP contribution in [0, 0.1) is 5.92 Å². The van der Waals surface area contributed by atoms with Crippen LogP contribution in [0.3, 0.4) is 0 Å². The van der Waals surface area contributed by atoms with Crippen molar-refractivity contribution in [3.05, 3.63) is 48.7 Å². The van der Waals surface area contributed by atoms with Gasteiger partial charge in [-0.15, -0.1) is 0 Å². The van der Waals surface area contributed by atoms with E-state index < -0.39 is 0 Å². The van der Waals surface area contributed by atoms with Gasteiger partial charge in [0.05, 0.1) is 30.6 Å². The van der Waals surface area contributed by atoms with Crippen LogP contribution < -0.4 is 0 Å². The molecule has 0 radical (unpaired) electrons. The number of aromatic nitrogens is 4. The van der Waals surface area contributed by atoms with Crippen LogP contribution >= 0.6 is 0 Å². The van der Waals surface area contributed by atoms with E-state index in [1.54, 1.807) is 24.8 Å². The molecule has 1 aliphatic carbocycles. The highest BCUT2D eigenvalue weighted by atomic mass is 16.5. The number of pyridine rings is 2. The maximum absolute atomic E-state index is 13.0. The maximum Gasteiger partial charge on any atom is 0.141 e. The van der Waals surface area contributed by atoms with Crippen LogP contribution in [0.5, 0.6) is 0 Å². The molecule has 7 nitrogen and oxygen atoms in total.